The number of methoxy groups -OCH3 is 1. The zero-order valence-corrected chi connectivity index (χ0v) is 11.6. The van der Waals surface area contributed by atoms with Crippen molar-refractivity contribution < 1.29 is 17.9 Å². The molecule has 0 aliphatic rings. The summed E-state index contributed by atoms with van der Waals surface area (Å²) in [5, 5.41) is -0.853. The molecule has 0 bridgehead atoms. The van der Waals surface area contributed by atoms with Gasteiger partial charge in [-0.3, -0.25) is 4.79 Å². The molecule has 100 valence electrons. The van der Waals surface area contributed by atoms with Crippen LogP contribution in [0, 0.1) is 0 Å². The van der Waals surface area contributed by atoms with Gasteiger partial charge in [0.2, 0.25) is 5.91 Å². The van der Waals surface area contributed by atoms with E-state index in [0.717, 1.165) is 0 Å². The Kier molecular flexibility index (Phi) is 4.59. The maximum Gasteiger partial charge on any atom is 0.235 e. The van der Waals surface area contributed by atoms with Crippen LogP contribution in [0.1, 0.15) is 12.5 Å². The molecule has 7 heteroatoms. The summed E-state index contributed by atoms with van der Waals surface area (Å²) in [5.41, 5.74) is 5.40. The van der Waals surface area contributed by atoms with Gasteiger partial charge in [-0.05, 0) is 25.1 Å². The van der Waals surface area contributed by atoms with Crippen LogP contribution in [0.2, 0.25) is 5.02 Å². The quantitative estimate of drug-likeness (QED) is 0.881. The first kappa shape index (κ1) is 14.8. The highest BCUT2D eigenvalue weighted by atomic mass is 35.5. The summed E-state index contributed by atoms with van der Waals surface area (Å²) in [6, 6.07) is 4.65. The van der Waals surface area contributed by atoms with E-state index in [9.17, 15) is 13.2 Å². The van der Waals surface area contributed by atoms with Crippen molar-refractivity contribution in [1.82, 2.24) is 0 Å². The van der Waals surface area contributed by atoms with E-state index < -0.39 is 21.0 Å². The van der Waals surface area contributed by atoms with Crippen LogP contribution in [0.25, 0.3) is 0 Å². The predicted octanol–water partition coefficient (Wildman–Crippen LogP) is 1.14. The monoisotopic (exact) mass is 291 g/mol. The minimum absolute atomic E-state index is 0.346. The van der Waals surface area contributed by atoms with Crippen LogP contribution in [-0.2, 0) is 20.4 Å². The van der Waals surface area contributed by atoms with E-state index in [1.54, 1.807) is 12.1 Å². The summed E-state index contributed by atoms with van der Waals surface area (Å²) in [7, 11) is -2.25. The van der Waals surface area contributed by atoms with E-state index in [0.29, 0.717) is 16.3 Å². The molecular weight excluding hydrogens is 278 g/mol. The van der Waals surface area contributed by atoms with Gasteiger partial charge in [-0.2, -0.15) is 0 Å². The number of carbonyl (C=O) groups excluding carboxylic acids is 1. The van der Waals surface area contributed by atoms with Gasteiger partial charge in [0, 0.05) is 10.6 Å². The maximum atomic E-state index is 11.9. The summed E-state index contributed by atoms with van der Waals surface area (Å²) < 4.78 is 28.9. The second kappa shape index (κ2) is 5.58. The minimum atomic E-state index is -3.68. The number of ether oxygens (including phenoxy) is 1. The zero-order chi connectivity index (χ0) is 13.9. The van der Waals surface area contributed by atoms with Gasteiger partial charge in [0.25, 0.3) is 0 Å². The van der Waals surface area contributed by atoms with Gasteiger partial charge in [-0.25, -0.2) is 8.42 Å². The number of rotatable bonds is 5. The molecule has 18 heavy (non-hydrogen) atoms. The predicted molar refractivity (Wildman–Crippen MR) is 69.3 cm³/mol. The fourth-order valence-electron chi connectivity index (χ4n) is 1.38. The van der Waals surface area contributed by atoms with Gasteiger partial charge in [0.1, 0.15) is 11.0 Å². The molecule has 1 aromatic rings. The highest BCUT2D eigenvalue weighted by Gasteiger charge is 2.27. The van der Waals surface area contributed by atoms with E-state index in [1.165, 1.54) is 20.1 Å². The molecule has 0 fully saturated rings. The van der Waals surface area contributed by atoms with Crippen molar-refractivity contribution in [3.05, 3.63) is 28.8 Å². The lowest BCUT2D eigenvalue weighted by molar-refractivity contribution is -0.117. The highest BCUT2D eigenvalue weighted by Crippen LogP contribution is 2.25. The first-order valence-electron chi connectivity index (χ1n) is 5.11. The van der Waals surface area contributed by atoms with Crippen molar-refractivity contribution >= 4 is 27.3 Å². The third-order valence-corrected chi connectivity index (χ3v) is 4.80. The summed E-state index contributed by atoms with van der Waals surface area (Å²) in [6.45, 7) is 1.26. The lowest BCUT2D eigenvalue weighted by atomic mass is 10.2. The van der Waals surface area contributed by atoms with Gasteiger partial charge < -0.3 is 10.5 Å². The number of hydrogen-bond acceptors (Lipinski definition) is 4. The number of primary amides is 1. The fraction of sp³-hybridized carbons (Fsp3) is 0.364. The molecule has 1 unspecified atom stereocenters. The van der Waals surface area contributed by atoms with E-state index in [-0.39, 0.29) is 5.75 Å². The third-order valence-electron chi connectivity index (χ3n) is 2.54. The van der Waals surface area contributed by atoms with Crippen molar-refractivity contribution in [3.63, 3.8) is 0 Å². The Hall–Kier alpha value is -1.27. The molecule has 1 aromatic carbocycles. The number of carbonyl (C=O) groups is 1. The molecule has 1 atom stereocenters. The average Bonchev–Trinajstić information content (AvgIpc) is 2.27. The summed E-state index contributed by atoms with van der Waals surface area (Å²) >= 11 is 5.80. The highest BCUT2D eigenvalue weighted by molar-refractivity contribution is 7.92. The van der Waals surface area contributed by atoms with Crippen molar-refractivity contribution in [2.24, 2.45) is 5.73 Å². The van der Waals surface area contributed by atoms with Crippen LogP contribution in [0.5, 0.6) is 5.75 Å². The molecule has 1 rings (SSSR count). The van der Waals surface area contributed by atoms with Gasteiger partial charge in [0.05, 0.1) is 12.9 Å². The molecule has 0 aliphatic carbocycles. The molecule has 1 amide bonds. The number of halogens is 1. The molecule has 0 heterocycles. The largest absolute Gasteiger partial charge is 0.496 e. The van der Waals surface area contributed by atoms with Crippen LogP contribution < -0.4 is 10.5 Å². The topological polar surface area (TPSA) is 86.5 Å². The molecule has 0 radical (unpaired) electrons. The Morgan fingerprint density at radius 1 is 1.50 bits per heavy atom. The van der Waals surface area contributed by atoms with Gasteiger partial charge in [0.15, 0.2) is 9.84 Å². The molecule has 0 aromatic heterocycles. The first-order valence-corrected chi connectivity index (χ1v) is 7.20. The lowest BCUT2D eigenvalue weighted by Crippen LogP contribution is -2.34. The number of amides is 1. The van der Waals surface area contributed by atoms with Crippen molar-refractivity contribution in [2.45, 2.75) is 17.9 Å². The summed E-state index contributed by atoms with van der Waals surface area (Å²) in [4.78, 5) is 10.9. The summed E-state index contributed by atoms with van der Waals surface area (Å²) in [6.07, 6.45) is 0. The van der Waals surface area contributed by atoms with Gasteiger partial charge in [-0.1, -0.05) is 11.6 Å². The molecule has 0 spiro atoms. The van der Waals surface area contributed by atoms with Crippen molar-refractivity contribution in [1.29, 1.82) is 0 Å². The SMILES string of the molecule is COc1ccc(Cl)cc1CS(=O)(=O)C(C)C(N)=O. The van der Waals surface area contributed by atoms with Crippen molar-refractivity contribution in [3.8, 4) is 5.75 Å². The van der Waals surface area contributed by atoms with Crippen molar-refractivity contribution in [2.75, 3.05) is 7.11 Å². The Balaban J connectivity index is 3.11. The van der Waals surface area contributed by atoms with Gasteiger partial charge in [-0.15, -0.1) is 0 Å². The Labute approximate surface area is 111 Å². The van der Waals surface area contributed by atoms with Crippen LogP contribution in [0.15, 0.2) is 18.2 Å². The smallest absolute Gasteiger partial charge is 0.235 e. The fourth-order valence-corrected chi connectivity index (χ4v) is 2.84. The van der Waals surface area contributed by atoms with Gasteiger partial charge >= 0.3 is 0 Å². The standard InChI is InChI=1S/C11H14ClNO4S/c1-7(11(13)14)18(15,16)6-8-5-9(12)3-4-10(8)17-2/h3-5,7H,6H2,1-2H3,(H2,13,14). The van der Waals surface area contributed by atoms with E-state index in [4.69, 9.17) is 22.1 Å². The molecule has 0 saturated carbocycles. The molecule has 0 aliphatic heterocycles. The van der Waals surface area contributed by atoms with Crippen LogP contribution in [0.4, 0.5) is 0 Å². The minimum Gasteiger partial charge on any atom is -0.496 e. The second-order valence-electron chi connectivity index (χ2n) is 3.81. The molecule has 5 nitrogen and oxygen atoms in total. The Bertz CT molecular complexity index is 556. The Morgan fingerprint density at radius 3 is 2.61 bits per heavy atom. The molecule has 0 saturated heterocycles. The number of sulfone groups is 1. The maximum absolute atomic E-state index is 11.9. The molecule has 2 N–H and O–H groups in total. The van der Waals surface area contributed by atoms with E-state index >= 15 is 0 Å². The number of hydrogen-bond donors (Lipinski definition) is 1. The first-order chi connectivity index (χ1) is 8.27. The Morgan fingerprint density at radius 2 is 2.11 bits per heavy atom. The lowest BCUT2D eigenvalue weighted by Gasteiger charge is -2.12. The van der Waals surface area contributed by atoms with Crippen LogP contribution in [-0.4, -0.2) is 26.7 Å². The normalized spacial score (nSPS) is 13.1. The zero-order valence-electron chi connectivity index (χ0n) is 10.0. The second-order valence-corrected chi connectivity index (χ2v) is 6.57. The van der Waals surface area contributed by atoms with Crippen LogP contribution in [0.3, 0.4) is 0 Å². The number of nitrogens with two attached hydrogens (primary N) is 1. The molecular formula is C11H14ClNO4S. The average molecular weight is 292 g/mol. The third kappa shape index (κ3) is 3.36. The van der Waals surface area contributed by atoms with Crippen LogP contribution >= 0.6 is 11.6 Å². The number of benzene rings is 1. The summed E-state index contributed by atoms with van der Waals surface area (Å²) in [5.74, 6) is -0.823. The van der Waals surface area contributed by atoms with E-state index in [1.807, 2.05) is 0 Å². The van der Waals surface area contributed by atoms with E-state index in [2.05, 4.69) is 0 Å².